The number of rotatable bonds is 3. The second-order valence-corrected chi connectivity index (χ2v) is 4.05. The summed E-state index contributed by atoms with van der Waals surface area (Å²) in [6.07, 6.45) is 12.0. The van der Waals surface area contributed by atoms with Crippen molar-refractivity contribution in [3.05, 3.63) is 47.7 Å². The van der Waals surface area contributed by atoms with Gasteiger partial charge in [-0.2, -0.15) is 0 Å². The normalized spacial score (nSPS) is 20.1. The van der Waals surface area contributed by atoms with E-state index in [-0.39, 0.29) is 0 Å². The summed E-state index contributed by atoms with van der Waals surface area (Å²) in [7, 11) is 4.22. The van der Waals surface area contributed by atoms with Crippen LogP contribution in [-0.2, 0) is 0 Å². The maximum absolute atomic E-state index is 3.78. The second-order valence-electron chi connectivity index (χ2n) is 4.05. The molecule has 1 heteroatoms. The highest BCUT2D eigenvalue weighted by molar-refractivity contribution is 5.42. The van der Waals surface area contributed by atoms with Crippen LogP contribution >= 0.6 is 0 Å². The predicted molar refractivity (Wildman–Crippen MR) is 67.7 cm³/mol. The van der Waals surface area contributed by atoms with E-state index in [0.29, 0.717) is 0 Å². The lowest BCUT2D eigenvalue weighted by Crippen LogP contribution is -2.18. The van der Waals surface area contributed by atoms with Crippen LogP contribution in [0.15, 0.2) is 47.7 Å². The van der Waals surface area contributed by atoms with Crippen molar-refractivity contribution >= 4 is 0 Å². The minimum atomic E-state index is 1.17. The highest BCUT2D eigenvalue weighted by Gasteiger charge is 2.16. The molecule has 1 aliphatic carbocycles. The number of hydrogen-bond donors (Lipinski definition) is 0. The summed E-state index contributed by atoms with van der Waals surface area (Å²) in [4.78, 5) is 2.21. The molecule has 0 amide bonds. The molecule has 0 aromatic rings. The Morgan fingerprint density at radius 1 is 1.27 bits per heavy atom. The van der Waals surface area contributed by atoms with Crippen LogP contribution in [0, 0.1) is 0 Å². The first kappa shape index (κ1) is 11.8. The van der Waals surface area contributed by atoms with Gasteiger partial charge in [0.05, 0.1) is 0 Å². The van der Waals surface area contributed by atoms with Crippen molar-refractivity contribution in [1.29, 1.82) is 0 Å². The molecule has 1 aliphatic rings. The zero-order valence-electron chi connectivity index (χ0n) is 10.1. The van der Waals surface area contributed by atoms with Gasteiger partial charge in [-0.3, -0.25) is 0 Å². The van der Waals surface area contributed by atoms with Crippen LogP contribution < -0.4 is 0 Å². The third-order valence-electron chi connectivity index (χ3n) is 2.63. The molecule has 15 heavy (non-hydrogen) atoms. The maximum atomic E-state index is 3.78. The maximum Gasteiger partial charge on any atom is 0.0425 e. The second kappa shape index (κ2) is 5.59. The van der Waals surface area contributed by atoms with E-state index in [1.165, 1.54) is 36.1 Å². The van der Waals surface area contributed by atoms with Gasteiger partial charge < -0.3 is 4.90 Å². The zero-order chi connectivity index (χ0) is 11.3. The number of hydrogen-bond acceptors (Lipinski definition) is 1. The molecule has 0 radical (unpaired) electrons. The van der Waals surface area contributed by atoms with Gasteiger partial charge in [0.2, 0.25) is 0 Å². The summed E-state index contributed by atoms with van der Waals surface area (Å²) >= 11 is 0. The topological polar surface area (TPSA) is 3.24 Å². The van der Waals surface area contributed by atoms with Crippen LogP contribution in [0.2, 0.25) is 0 Å². The van der Waals surface area contributed by atoms with Gasteiger partial charge in [0.25, 0.3) is 0 Å². The van der Waals surface area contributed by atoms with Crippen LogP contribution in [0.4, 0.5) is 0 Å². The highest BCUT2D eigenvalue weighted by Crippen LogP contribution is 2.31. The third-order valence-corrected chi connectivity index (χ3v) is 2.63. The van der Waals surface area contributed by atoms with Gasteiger partial charge in [-0.05, 0) is 37.3 Å². The Kier molecular flexibility index (Phi) is 4.41. The summed E-state index contributed by atoms with van der Waals surface area (Å²) in [5, 5.41) is 0. The van der Waals surface area contributed by atoms with E-state index in [4.69, 9.17) is 0 Å². The molecule has 0 aliphatic heterocycles. The number of nitrogens with zero attached hydrogens (tertiary/aromatic N) is 1. The summed E-state index contributed by atoms with van der Waals surface area (Å²) in [6.45, 7) is 5.86. The van der Waals surface area contributed by atoms with Crippen molar-refractivity contribution < 1.29 is 0 Å². The molecule has 1 nitrogen and oxygen atoms in total. The predicted octanol–water partition coefficient (Wildman–Crippen LogP) is 3.67. The Hall–Kier alpha value is -1.24. The van der Waals surface area contributed by atoms with E-state index in [1.54, 1.807) is 0 Å². The first-order valence-corrected chi connectivity index (χ1v) is 5.55. The smallest absolute Gasteiger partial charge is 0.0425 e. The quantitative estimate of drug-likeness (QED) is 0.676. The van der Waals surface area contributed by atoms with Crippen molar-refractivity contribution in [1.82, 2.24) is 4.90 Å². The lowest BCUT2D eigenvalue weighted by atomic mass is 9.90. The standard InChI is InChI=1S/C14H21N/c1-5-8-12-10-7-11-13(9-6-2)14(12)15(3)4/h5-6,8-9H,1,7,10-11H2,2-4H3/b9-6+,12-8+. The molecule has 82 valence electrons. The molecular weight excluding hydrogens is 182 g/mol. The summed E-state index contributed by atoms with van der Waals surface area (Å²) in [6, 6.07) is 0. The van der Waals surface area contributed by atoms with Gasteiger partial charge in [-0.1, -0.05) is 30.9 Å². The molecule has 0 heterocycles. The molecule has 0 atom stereocenters. The van der Waals surface area contributed by atoms with Crippen LogP contribution in [0.25, 0.3) is 0 Å². The average Bonchev–Trinajstić information content (AvgIpc) is 2.18. The van der Waals surface area contributed by atoms with Gasteiger partial charge >= 0.3 is 0 Å². The van der Waals surface area contributed by atoms with E-state index in [0.717, 1.165) is 0 Å². The zero-order valence-corrected chi connectivity index (χ0v) is 10.1. The molecule has 0 saturated heterocycles. The van der Waals surface area contributed by atoms with E-state index in [9.17, 15) is 0 Å². The Morgan fingerprint density at radius 3 is 2.53 bits per heavy atom. The van der Waals surface area contributed by atoms with Gasteiger partial charge in [0.1, 0.15) is 0 Å². The van der Waals surface area contributed by atoms with Crippen LogP contribution in [0.5, 0.6) is 0 Å². The fraction of sp³-hybridized carbons (Fsp3) is 0.429. The molecule has 0 aromatic carbocycles. The summed E-state index contributed by atoms with van der Waals surface area (Å²) < 4.78 is 0. The van der Waals surface area contributed by atoms with Gasteiger partial charge in [-0.25, -0.2) is 0 Å². The van der Waals surface area contributed by atoms with E-state index < -0.39 is 0 Å². The van der Waals surface area contributed by atoms with E-state index in [1.807, 2.05) is 6.08 Å². The van der Waals surface area contributed by atoms with Gasteiger partial charge in [0.15, 0.2) is 0 Å². The van der Waals surface area contributed by atoms with Crippen LogP contribution in [-0.4, -0.2) is 19.0 Å². The van der Waals surface area contributed by atoms with Crippen molar-refractivity contribution in [3.63, 3.8) is 0 Å². The van der Waals surface area contributed by atoms with Crippen molar-refractivity contribution in [3.8, 4) is 0 Å². The molecule has 0 saturated carbocycles. The van der Waals surface area contributed by atoms with Gasteiger partial charge in [0, 0.05) is 19.8 Å². The lowest BCUT2D eigenvalue weighted by Gasteiger charge is -2.27. The first-order valence-electron chi connectivity index (χ1n) is 5.55. The van der Waals surface area contributed by atoms with Crippen LogP contribution in [0.3, 0.4) is 0 Å². The minimum Gasteiger partial charge on any atom is -0.377 e. The molecule has 0 spiro atoms. The van der Waals surface area contributed by atoms with E-state index >= 15 is 0 Å². The van der Waals surface area contributed by atoms with Crippen molar-refractivity contribution in [2.24, 2.45) is 0 Å². The SMILES string of the molecule is C=C/C=C1\CCCC(/C=C/C)=C1N(C)C. The molecule has 0 N–H and O–H groups in total. The van der Waals surface area contributed by atoms with Crippen molar-refractivity contribution in [2.45, 2.75) is 26.2 Å². The van der Waals surface area contributed by atoms with Gasteiger partial charge in [-0.15, -0.1) is 0 Å². The molecule has 0 unspecified atom stereocenters. The number of likely N-dealkylation sites (N-methyl/N-ethyl adjacent to an activating group) is 1. The highest BCUT2D eigenvalue weighted by atomic mass is 15.1. The average molecular weight is 203 g/mol. The Labute approximate surface area is 93.5 Å². The van der Waals surface area contributed by atoms with Crippen LogP contribution in [0.1, 0.15) is 26.2 Å². The molecule has 0 bridgehead atoms. The fourth-order valence-corrected chi connectivity index (χ4v) is 2.15. The molecular formula is C14H21N. The Morgan fingerprint density at radius 2 is 2.00 bits per heavy atom. The van der Waals surface area contributed by atoms with E-state index in [2.05, 4.69) is 50.7 Å². The Balaban J connectivity index is 3.17. The molecule has 0 aromatic heterocycles. The third kappa shape index (κ3) is 2.85. The molecule has 1 rings (SSSR count). The lowest BCUT2D eigenvalue weighted by molar-refractivity contribution is 0.496. The van der Waals surface area contributed by atoms with Crippen molar-refractivity contribution in [2.75, 3.05) is 14.1 Å². The monoisotopic (exact) mass is 203 g/mol. The summed E-state index contributed by atoms with van der Waals surface area (Å²) in [5.74, 6) is 0. The number of allylic oxidation sites excluding steroid dienone is 6. The Bertz CT molecular complexity index is 316. The minimum absolute atomic E-state index is 1.17. The first-order chi connectivity index (χ1) is 7.20. The largest absolute Gasteiger partial charge is 0.377 e. The summed E-state index contributed by atoms with van der Waals surface area (Å²) in [5.41, 5.74) is 4.23. The molecule has 0 fully saturated rings. The fourth-order valence-electron chi connectivity index (χ4n) is 2.15.